The lowest BCUT2D eigenvalue weighted by Crippen LogP contribution is -2.15. The Bertz CT molecular complexity index is 881. The molecule has 0 aliphatic heterocycles. The van der Waals surface area contributed by atoms with Crippen LogP contribution in [0.2, 0.25) is 0 Å². The molecule has 0 aliphatic carbocycles. The number of rotatable bonds is 4. The molecule has 124 valence electrons. The molecule has 0 unspecified atom stereocenters. The van der Waals surface area contributed by atoms with E-state index in [1.807, 2.05) is 33.0 Å². The van der Waals surface area contributed by atoms with E-state index in [9.17, 15) is 9.18 Å². The highest BCUT2D eigenvalue weighted by Crippen LogP contribution is 2.20. The first-order valence-corrected chi connectivity index (χ1v) is 7.67. The Hall–Kier alpha value is -2.89. The molecule has 0 fully saturated rings. The highest BCUT2D eigenvalue weighted by Gasteiger charge is 2.14. The minimum Gasteiger partial charge on any atom is -0.326 e. The number of hydrogen-bond donors (Lipinski definition) is 1. The van der Waals surface area contributed by atoms with Gasteiger partial charge in [-0.15, -0.1) is 0 Å². The smallest absolute Gasteiger partial charge is 0.228 e. The summed E-state index contributed by atoms with van der Waals surface area (Å²) >= 11 is 0. The van der Waals surface area contributed by atoms with Crippen LogP contribution in [-0.4, -0.2) is 20.3 Å². The van der Waals surface area contributed by atoms with Gasteiger partial charge in [0.15, 0.2) is 0 Å². The van der Waals surface area contributed by atoms with Crippen LogP contribution in [0.4, 0.5) is 10.1 Å². The number of nitrogens with one attached hydrogen (secondary N) is 1. The molecule has 2 aromatic heterocycles. The van der Waals surface area contributed by atoms with E-state index in [2.05, 4.69) is 10.4 Å². The molecule has 0 bridgehead atoms. The summed E-state index contributed by atoms with van der Waals surface area (Å²) in [7, 11) is 1.85. The Kier molecular flexibility index (Phi) is 4.20. The van der Waals surface area contributed by atoms with Gasteiger partial charge < -0.3 is 9.88 Å². The van der Waals surface area contributed by atoms with Crippen LogP contribution in [-0.2, 0) is 18.3 Å². The van der Waals surface area contributed by atoms with Crippen molar-refractivity contribution in [3.8, 4) is 5.69 Å². The number of carbonyl (C=O) groups excluding carboxylic acids is 1. The van der Waals surface area contributed by atoms with Crippen LogP contribution in [0, 0.1) is 19.7 Å². The predicted molar refractivity (Wildman–Crippen MR) is 90.7 cm³/mol. The van der Waals surface area contributed by atoms with Crippen molar-refractivity contribution in [1.82, 2.24) is 14.3 Å². The van der Waals surface area contributed by atoms with Crippen molar-refractivity contribution >= 4 is 11.6 Å². The third kappa shape index (κ3) is 3.08. The third-order valence-corrected chi connectivity index (χ3v) is 4.11. The van der Waals surface area contributed by atoms with Crippen molar-refractivity contribution in [3.63, 3.8) is 0 Å². The van der Waals surface area contributed by atoms with Gasteiger partial charge in [-0.25, -0.2) is 4.39 Å². The zero-order chi connectivity index (χ0) is 17.3. The van der Waals surface area contributed by atoms with E-state index in [4.69, 9.17) is 0 Å². The first-order chi connectivity index (χ1) is 11.5. The van der Waals surface area contributed by atoms with Crippen LogP contribution in [0.15, 0.2) is 42.7 Å². The van der Waals surface area contributed by atoms with Crippen LogP contribution >= 0.6 is 0 Å². The summed E-state index contributed by atoms with van der Waals surface area (Å²) in [4.78, 5) is 12.3. The van der Waals surface area contributed by atoms with Gasteiger partial charge in [0.05, 0.1) is 17.8 Å². The van der Waals surface area contributed by atoms with Gasteiger partial charge in [0.1, 0.15) is 5.82 Å². The summed E-state index contributed by atoms with van der Waals surface area (Å²) in [6.45, 7) is 3.82. The Labute approximate surface area is 139 Å². The summed E-state index contributed by atoms with van der Waals surface area (Å²) < 4.78 is 17.4. The minimum atomic E-state index is -0.344. The van der Waals surface area contributed by atoms with Gasteiger partial charge in [0.2, 0.25) is 5.91 Å². The fourth-order valence-electron chi connectivity index (χ4n) is 2.72. The van der Waals surface area contributed by atoms with Gasteiger partial charge in [-0.3, -0.25) is 9.48 Å². The highest BCUT2D eigenvalue weighted by atomic mass is 19.1. The maximum Gasteiger partial charge on any atom is 0.228 e. The van der Waals surface area contributed by atoms with Crippen molar-refractivity contribution in [3.05, 3.63) is 65.5 Å². The predicted octanol–water partition coefficient (Wildman–Crippen LogP) is 3.15. The largest absolute Gasteiger partial charge is 0.326 e. The molecular weight excluding hydrogens is 307 g/mol. The van der Waals surface area contributed by atoms with Crippen LogP contribution in [0.25, 0.3) is 5.69 Å². The summed E-state index contributed by atoms with van der Waals surface area (Å²) in [5.41, 5.74) is 3.69. The molecule has 2 heterocycles. The lowest BCUT2D eigenvalue weighted by Gasteiger charge is -2.10. The molecule has 3 rings (SSSR count). The molecule has 3 aromatic rings. The molecule has 0 aliphatic rings. The molecule has 0 saturated carbocycles. The molecule has 1 amide bonds. The lowest BCUT2D eigenvalue weighted by molar-refractivity contribution is -0.115. The number of benzene rings is 1. The number of aromatic nitrogens is 3. The average molecular weight is 326 g/mol. The second kappa shape index (κ2) is 6.31. The standard InChI is InChI=1S/C18H19FN4O/c1-12-15(13(2)22(3)21-12)11-18(24)20-14-6-7-16(19)17(10-14)23-8-4-5-9-23/h4-10H,11H2,1-3H3,(H,20,24). The van der Waals surface area contributed by atoms with Crippen LogP contribution in [0.5, 0.6) is 0 Å². The number of hydrogen-bond acceptors (Lipinski definition) is 2. The van der Waals surface area contributed by atoms with Crippen molar-refractivity contribution in [2.75, 3.05) is 5.32 Å². The lowest BCUT2D eigenvalue weighted by atomic mass is 10.1. The van der Waals surface area contributed by atoms with Gasteiger partial charge in [-0.2, -0.15) is 5.10 Å². The van der Waals surface area contributed by atoms with Gasteiger partial charge in [0.25, 0.3) is 0 Å². The first-order valence-electron chi connectivity index (χ1n) is 7.67. The normalized spacial score (nSPS) is 10.8. The Morgan fingerprint density at radius 2 is 1.96 bits per heavy atom. The van der Waals surface area contributed by atoms with E-state index in [0.29, 0.717) is 11.4 Å². The molecule has 0 saturated heterocycles. The van der Waals surface area contributed by atoms with E-state index < -0.39 is 0 Å². The van der Waals surface area contributed by atoms with Gasteiger partial charge in [0, 0.05) is 36.4 Å². The zero-order valence-corrected chi connectivity index (χ0v) is 13.9. The highest BCUT2D eigenvalue weighted by molar-refractivity contribution is 5.92. The second-order valence-electron chi connectivity index (χ2n) is 5.75. The number of anilines is 1. The Morgan fingerprint density at radius 1 is 1.25 bits per heavy atom. The molecule has 0 atom stereocenters. The summed E-state index contributed by atoms with van der Waals surface area (Å²) in [6.07, 6.45) is 3.75. The molecule has 1 aromatic carbocycles. The van der Waals surface area contributed by atoms with Gasteiger partial charge in [-0.05, 0) is 44.2 Å². The van der Waals surface area contributed by atoms with Crippen molar-refractivity contribution in [1.29, 1.82) is 0 Å². The molecule has 0 radical (unpaired) electrons. The van der Waals surface area contributed by atoms with E-state index in [1.54, 1.807) is 33.8 Å². The topological polar surface area (TPSA) is 51.9 Å². The van der Waals surface area contributed by atoms with E-state index in [1.165, 1.54) is 6.07 Å². The quantitative estimate of drug-likeness (QED) is 0.801. The molecule has 0 spiro atoms. The summed E-state index contributed by atoms with van der Waals surface area (Å²) in [5, 5.41) is 7.14. The summed E-state index contributed by atoms with van der Waals surface area (Å²) in [5.74, 6) is -0.498. The molecule has 5 nitrogen and oxygen atoms in total. The van der Waals surface area contributed by atoms with Crippen LogP contribution < -0.4 is 5.32 Å². The Balaban J connectivity index is 1.79. The maximum atomic E-state index is 14.0. The zero-order valence-electron chi connectivity index (χ0n) is 13.9. The average Bonchev–Trinajstić information content (AvgIpc) is 3.14. The third-order valence-electron chi connectivity index (χ3n) is 4.11. The second-order valence-corrected chi connectivity index (χ2v) is 5.75. The van der Waals surface area contributed by atoms with E-state index >= 15 is 0 Å². The molecule has 24 heavy (non-hydrogen) atoms. The SMILES string of the molecule is Cc1nn(C)c(C)c1CC(=O)Nc1ccc(F)c(-n2cccc2)c1. The molecular formula is C18H19FN4O. The number of aryl methyl sites for hydroxylation is 2. The Morgan fingerprint density at radius 3 is 2.58 bits per heavy atom. The molecule has 1 N–H and O–H groups in total. The van der Waals surface area contributed by atoms with Crippen molar-refractivity contribution in [2.45, 2.75) is 20.3 Å². The van der Waals surface area contributed by atoms with Crippen molar-refractivity contribution in [2.24, 2.45) is 7.05 Å². The van der Waals surface area contributed by atoms with Crippen molar-refractivity contribution < 1.29 is 9.18 Å². The van der Waals surface area contributed by atoms with Crippen LogP contribution in [0.1, 0.15) is 17.0 Å². The monoisotopic (exact) mass is 326 g/mol. The fraction of sp³-hybridized carbons (Fsp3) is 0.222. The number of amides is 1. The van der Waals surface area contributed by atoms with Crippen LogP contribution in [0.3, 0.4) is 0 Å². The number of nitrogens with zero attached hydrogens (tertiary/aromatic N) is 3. The minimum absolute atomic E-state index is 0.153. The fourth-order valence-corrected chi connectivity index (χ4v) is 2.72. The van der Waals surface area contributed by atoms with Gasteiger partial charge in [-0.1, -0.05) is 0 Å². The summed E-state index contributed by atoms with van der Waals surface area (Å²) in [6, 6.07) is 8.17. The number of carbonyl (C=O) groups is 1. The first kappa shape index (κ1) is 16.0. The van der Waals surface area contributed by atoms with E-state index in [-0.39, 0.29) is 18.1 Å². The number of halogens is 1. The maximum absolute atomic E-state index is 14.0. The molecule has 6 heteroatoms. The van der Waals surface area contributed by atoms with E-state index in [0.717, 1.165) is 17.0 Å². The van der Waals surface area contributed by atoms with Gasteiger partial charge >= 0.3 is 0 Å².